The molecule has 2 N–H and O–H groups in total. The number of aliphatic hydroxyl groups excluding tert-OH is 1. The predicted molar refractivity (Wildman–Crippen MR) is 89.6 cm³/mol. The van der Waals surface area contributed by atoms with E-state index in [0.29, 0.717) is 24.9 Å². The molecule has 6 nitrogen and oxygen atoms in total. The Kier molecular flexibility index (Phi) is 4.76. The van der Waals surface area contributed by atoms with E-state index < -0.39 is 0 Å². The van der Waals surface area contributed by atoms with E-state index in [2.05, 4.69) is 10.3 Å². The molecule has 6 heteroatoms. The molecule has 0 bridgehead atoms. The van der Waals surface area contributed by atoms with E-state index in [1.54, 1.807) is 18.5 Å². The number of aromatic nitrogens is 2. The van der Waals surface area contributed by atoms with Crippen LogP contribution in [-0.2, 0) is 6.54 Å². The second kappa shape index (κ2) is 6.97. The molecule has 0 aliphatic heterocycles. The first-order chi connectivity index (χ1) is 11.6. The fourth-order valence-corrected chi connectivity index (χ4v) is 3.03. The Morgan fingerprint density at radius 3 is 2.79 bits per heavy atom. The largest absolute Gasteiger partial charge is 0.393 e. The third-order valence-corrected chi connectivity index (χ3v) is 4.51. The summed E-state index contributed by atoms with van der Waals surface area (Å²) in [6.45, 7) is 2.44. The normalized spacial score (nSPS) is 20.9. The van der Waals surface area contributed by atoms with Crippen LogP contribution in [0.15, 0.2) is 47.5 Å². The Hall–Kier alpha value is -2.47. The second-order valence-electron chi connectivity index (χ2n) is 6.13. The number of rotatable bonds is 5. The van der Waals surface area contributed by atoms with Crippen molar-refractivity contribution in [2.24, 2.45) is 5.92 Å². The van der Waals surface area contributed by atoms with Crippen molar-refractivity contribution in [3.8, 4) is 0 Å². The van der Waals surface area contributed by atoms with Gasteiger partial charge in [-0.3, -0.25) is 14.6 Å². The van der Waals surface area contributed by atoms with Crippen molar-refractivity contribution in [2.75, 3.05) is 0 Å². The Labute approximate surface area is 140 Å². The number of nitrogens with zero attached hydrogens (tertiary/aromatic N) is 2. The van der Waals surface area contributed by atoms with Crippen LogP contribution in [0.2, 0.25) is 0 Å². The fraction of sp³-hybridized carbons (Fsp3) is 0.389. The monoisotopic (exact) mass is 327 g/mol. The summed E-state index contributed by atoms with van der Waals surface area (Å²) in [7, 11) is 0. The highest BCUT2D eigenvalue weighted by Crippen LogP contribution is 2.37. The number of carbonyl (C=O) groups excluding carboxylic acids is 1. The van der Waals surface area contributed by atoms with Gasteiger partial charge in [-0.1, -0.05) is 6.07 Å². The third kappa shape index (κ3) is 3.38. The highest BCUT2D eigenvalue weighted by molar-refractivity contribution is 5.94. The summed E-state index contributed by atoms with van der Waals surface area (Å²) in [6, 6.07) is 8.29. The topological polar surface area (TPSA) is 84.2 Å². The molecule has 1 atom stereocenters. The zero-order chi connectivity index (χ0) is 17.1. The van der Waals surface area contributed by atoms with Crippen molar-refractivity contribution in [1.29, 1.82) is 0 Å². The molecule has 0 saturated heterocycles. The van der Waals surface area contributed by atoms with E-state index in [1.807, 2.05) is 25.1 Å². The number of nitrogens with one attached hydrogen (secondary N) is 1. The molecule has 0 unspecified atom stereocenters. The van der Waals surface area contributed by atoms with Gasteiger partial charge < -0.3 is 15.0 Å². The standard InChI is InChI=1S/C18H21N3O3/c1-2-21-8-6-12(11-16(21)23)18(24)20-17(13-9-14(22)10-13)15-5-3-4-7-19-15/h3-8,11,13-14,17,22H,2,9-10H2,1H3,(H,20,24)/t13?,14?,17-/m1/s1. The maximum atomic E-state index is 12.6. The first kappa shape index (κ1) is 16.4. The van der Waals surface area contributed by atoms with E-state index in [9.17, 15) is 14.7 Å². The molecule has 126 valence electrons. The molecule has 3 rings (SSSR count). The zero-order valence-corrected chi connectivity index (χ0v) is 13.6. The zero-order valence-electron chi connectivity index (χ0n) is 13.6. The first-order valence-electron chi connectivity index (χ1n) is 8.19. The summed E-state index contributed by atoms with van der Waals surface area (Å²) in [5.41, 5.74) is 0.911. The van der Waals surface area contributed by atoms with Crippen LogP contribution >= 0.6 is 0 Å². The molecule has 0 aromatic carbocycles. The summed E-state index contributed by atoms with van der Waals surface area (Å²) in [6.07, 6.45) is 4.27. The van der Waals surface area contributed by atoms with E-state index in [4.69, 9.17) is 0 Å². The molecule has 0 radical (unpaired) electrons. The van der Waals surface area contributed by atoms with E-state index in [-0.39, 0.29) is 29.5 Å². The lowest BCUT2D eigenvalue weighted by atomic mass is 9.76. The molecule has 2 aromatic heterocycles. The van der Waals surface area contributed by atoms with Gasteiger partial charge in [-0.05, 0) is 43.9 Å². The Morgan fingerprint density at radius 1 is 1.42 bits per heavy atom. The maximum absolute atomic E-state index is 12.6. The van der Waals surface area contributed by atoms with E-state index in [1.165, 1.54) is 10.6 Å². The average molecular weight is 327 g/mol. The highest BCUT2D eigenvalue weighted by Gasteiger charge is 2.36. The summed E-state index contributed by atoms with van der Waals surface area (Å²) in [5.74, 6) is -0.151. The molecule has 1 aliphatic carbocycles. The molecular weight excluding hydrogens is 306 g/mol. The summed E-state index contributed by atoms with van der Waals surface area (Å²) in [4.78, 5) is 28.8. The minimum absolute atomic E-state index is 0.148. The van der Waals surface area contributed by atoms with Crippen molar-refractivity contribution in [3.05, 3.63) is 64.3 Å². The summed E-state index contributed by atoms with van der Waals surface area (Å²) in [5, 5.41) is 12.6. The van der Waals surface area contributed by atoms with Gasteiger partial charge in [0.25, 0.3) is 11.5 Å². The number of aryl methyl sites for hydroxylation is 1. The molecule has 2 aromatic rings. The lowest BCUT2D eigenvalue weighted by Gasteiger charge is -2.37. The molecule has 24 heavy (non-hydrogen) atoms. The molecule has 1 fully saturated rings. The van der Waals surface area contributed by atoms with Gasteiger partial charge in [-0.15, -0.1) is 0 Å². The Balaban J connectivity index is 1.81. The lowest BCUT2D eigenvalue weighted by Crippen LogP contribution is -2.42. The molecule has 0 spiro atoms. The minimum atomic E-state index is -0.313. The average Bonchev–Trinajstić information content (AvgIpc) is 2.57. The first-order valence-corrected chi connectivity index (χ1v) is 8.19. The van der Waals surface area contributed by atoms with Gasteiger partial charge >= 0.3 is 0 Å². The third-order valence-electron chi connectivity index (χ3n) is 4.51. The summed E-state index contributed by atoms with van der Waals surface area (Å²) >= 11 is 0. The van der Waals surface area contributed by atoms with Crippen molar-refractivity contribution >= 4 is 5.91 Å². The van der Waals surface area contributed by atoms with Crippen molar-refractivity contribution < 1.29 is 9.90 Å². The molecule has 1 saturated carbocycles. The predicted octanol–water partition coefficient (Wildman–Crippen LogP) is 1.51. The van der Waals surface area contributed by atoms with Crippen molar-refractivity contribution in [1.82, 2.24) is 14.9 Å². The van der Waals surface area contributed by atoms with Crippen LogP contribution in [0.1, 0.15) is 41.9 Å². The van der Waals surface area contributed by atoms with Gasteiger partial charge in [-0.25, -0.2) is 0 Å². The number of hydrogen-bond donors (Lipinski definition) is 2. The van der Waals surface area contributed by atoms with Crippen molar-refractivity contribution in [2.45, 2.75) is 38.5 Å². The molecule has 1 amide bonds. The highest BCUT2D eigenvalue weighted by atomic mass is 16.3. The number of amides is 1. The van der Waals surface area contributed by atoms with Crippen LogP contribution in [0.25, 0.3) is 0 Å². The van der Waals surface area contributed by atoms with E-state index >= 15 is 0 Å². The quantitative estimate of drug-likeness (QED) is 0.872. The number of hydrogen-bond acceptors (Lipinski definition) is 4. The minimum Gasteiger partial charge on any atom is -0.393 e. The number of carbonyl (C=O) groups is 1. The van der Waals surface area contributed by atoms with Gasteiger partial charge in [0.1, 0.15) is 0 Å². The fourth-order valence-electron chi connectivity index (χ4n) is 3.03. The maximum Gasteiger partial charge on any atom is 0.252 e. The second-order valence-corrected chi connectivity index (χ2v) is 6.13. The van der Waals surface area contributed by atoms with Crippen LogP contribution in [0, 0.1) is 5.92 Å². The lowest BCUT2D eigenvalue weighted by molar-refractivity contribution is 0.0228. The van der Waals surface area contributed by atoms with Gasteiger partial charge in [0.2, 0.25) is 0 Å². The van der Waals surface area contributed by atoms with Crippen LogP contribution < -0.4 is 10.9 Å². The van der Waals surface area contributed by atoms with Crippen LogP contribution in [-0.4, -0.2) is 26.7 Å². The Morgan fingerprint density at radius 2 is 2.21 bits per heavy atom. The van der Waals surface area contributed by atoms with Gasteiger partial charge in [0.05, 0.1) is 17.8 Å². The number of aliphatic hydroxyl groups is 1. The van der Waals surface area contributed by atoms with Gasteiger partial charge in [0, 0.05) is 30.6 Å². The van der Waals surface area contributed by atoms with Crippen LogP contribution in [0.5, 0.6) is 0 Å². The molecule has 2 heterocycles. The SMILES string of the molecule is CCn1ccc(C(=O)N[C@@H](c2ccccn2)C2CC(O)C2)cc1=O. The van der Waals surface area contributed by atoms with Crippen LogP contribution in [0.4, 0.5) is 0 Å². The molecular formula is C18H21N3O3. The van der Waals surface area contributed by atoms with Crippen molar-refractivity contribution in [3.63, 3.8) is 0 Å². The summed E-state index contributed by atoms with van der Waals surface area (Å²) < 4.78 is 1.54. The smallest absolute Gasteiger partial charge is 0.252 e. The Bertz CT molecular complexity index is 767. The van der Waals surface area contributed by atoms with Gasteiger partial charge in [0.15, 0.2) is 0 Å². The van der Waals surface area contributed by atoms with E-state index in [0.717, 1.165) is 5.69 Å². The van der Waals surface area contributed by atoms with Gasteiger partial charge in [-0.2, -0.15) is 0 Å². The molecule has 1 aliphatic rings. The number of pyridine rings is 2. The van der Waals surface area contributed by atoms with Crippen LogP contribution in [0.3, 0.4) is 0 Å².